The van der Waals surface area contributed by atoms with Crippen LogP contribution in [0.5, 0.6) is 0 Å². The number of hydrogen-bond acceptors (Lipinski definition) is 3. The Morgan fingerprint density at radius 2 is 1.22 bits per heavy atom. The molecule has 0 aliphatic rings. The van der Waals surface area contributed by atoms with Crippen LogP contribution in [0.25, 0.3) is 0 Å². The summed E-state index contributed by atoms with van der Waals surface area (Å²) in [7, 11) is 0. The number of carboxylic acids is 2. The number of aliphatic carboxylic acids is 2. The van der Waals surface area contributed by atoms with E-state index in [1.165, 1.54) is 19.3 Å². The molecule has 0 rings (SSSR count). The highest BCUT2D eigenvalue weighted by Crippen LogP contribution is 2.10. The molecule has 0 bridgehead atoms. The number of unbranched alkanes of at least 4 members (excludes halogenated alkanes) is 6. The number of hydrogen-bond donors (Lipinski definition) is 3. The van der Waals surface area contributed by atoms with Crippen LogP contribution in [0.3, 0.4) is 0 Å². The van der Waals surface area contributed by atoms with Crippen LogP contribution < -0.4 is 0 Å². The van der Waals surface area contributed by atoms with Crippen molar-refractivity contribution in [3.63, 3.8) is 0 Å². The molecule has 23 heavy (non-hydrogen) atoms. The van der Waals surface area contributed by atoms with Gasteiger partial charge in [-0.05, 0) is 25.2 Å². The lowest BCUT2D eigenvalue weighted by Gasteiger charge is -2.08. The van der Waals surface area contributed by atoms with Gasteiger partial charge in [-0.2, -0.15) is 0 Å². The van der Waals surface area contributed by atoms with Gasteiger partial charge in [0.2, 0.25) is 0 Å². The molecule has 5 heteroatoms. The second kappa shape index (κ2) is 18.9. The summed E-state index contributed by atoms with van der Waals surface area (Å²) in [5.41, 5.74) is 0. The van der Waals surface area contributed by atoms with E-state index < -0.39 is 11.9 Å². The monoisotopic (exact) mass is 332 g/mol. The predicted octanol–water partition coefficient (Wildman–Crippen LogP) is 4.47. The van der Waals surface area contributed by atoms with Crippen molar-refractivity contribution < 1.29 is 24.9 Å². The van der Waals surface area contributed by atoms with E-state index in [0.29, 0.717) is 12.5 Å². The Kier molecular flexibility index (Phi) is 19.9. The van der Waals surface area contributed by atoms with Gasteiger partial charge in [0.1, 0.15) is 0 Å². The highest BCUT2D eigenvalue weighted by molar-refractivity contribution is 5.66. The number of aliphatic hydroxyl groups excluding tert-OH is 1. The lowest BCUT2D eigenvalue weighted by Crippen LogP contribution is -2.03. The Balaban J connectivity index is 0. The van der Waals surface area contributed by atoms with Gasteiger partial charge in [-0.3, -0.25) is 9.59 Å². The van der Waals surface area contributed by atoms with Crippen LogP contribution in [0.2, 0.25) is 0 Å². The molecule has 0 fully saturated rings. The van der Waals surface area contributed by atoms with Gasteiger partial charge < -0.3 is 15.3 Å². The predicted molar refractivity (Wildman–Crippen MR) is 92.6 cm³/mol. The standard InChI is InChI=1S/C10H18O4.C8H18O/c11-9(12)7-5-3-1-2-4-6-8-10(13)14;1-3-5-6-8(4-2)7-9/h1-8H2,(H,11,12)(H,13,14);8-9H,3-7H2,1-2H3. The van der Waals surface area contributed by atoms with Crippen molar-refractivity contribution in [1.29, 1.82) is 0 Å². The van der Waals surface area contributed by atoms with Crippen molar-refractivity contribution in [2.75, 3.05) is 6.61 Å². The molecule has 0 aromatic rings. The maximum absolute atomic E-state index is 10.1. The number of rotatable bonds is 14. The fraction of sp³-hybridized carbons (Fsp3) is 0.889. The fourth-order valence-electron chi connectivity index (χ4n) is 2.18. The largest absolute Gasteiger partial charge is 0.481 e. The fourth-order valence-corrected chi connectivity index (χ4v) is 2.18. The van der Waals surface area contributed by atoms with Crippen molar-refractivity contribution >= 4 is 11.9 Å². The Bertz CT molecular complexity index is 255. The minimum atomic E-state index is -0.740. The van der Waals surface area contributed by atoms with Gasteiger partial charge in [0, 0.05) is 19.4 Å². The molecule has 0 aliphatic heterocycles. The van der Waals surface area contributed by atoms with Crippen LogP contribution in [0.4, 0.5) is 0 Å². The van der Waals surface area contributed by atoms with Crippen molar-refractivity contribution in [2.24, 2.45) is 5.92 Å². The first-order chi connectivity index (χ1) is 11.0. The van der Waals surface area contributed by atoms with Gasteiger partial charge in [0.25, 0.3) is 0 Å². The number of aliphatic hydroxyl groups is 1. The lowest BCUT2D eigenvalue weighted by atomic mass is 10.0. The molecular weight excluding hydrogens is 296 g/mol. The van der Waals surface area contributed by atoms with E-state index in [2.05, 4.69) is 13.8 Å². The molecule has 0 aromatic carbocycles. The normalized spacial score (nSPS) is 11.4. The lowest BCUT2D eigenvalue weighted by molar-refractivity contribution is -0.138. The Morgan fingerprint density at radius 3 is 1.52 bits per heavy atom. The number of carboxylic acid groups (broad SMARTS) is 2. The van der Waals surface area contributed by atoms with Crippen LogP contribution in [-0.4, -0.2) is 33.9 Å². The smallest absolute Gasteiger partial charge is 0.303 e. The first-order valence-electron chi connectivity index (χ1n) is 9.02. The molecule has 138 valence electrons. The highest BCUT2D eigenvalue weighted by Gasteiger charge is 2.01. The first kappa shape index (κ1) is 24.2. The molecular formula is C18H36O5. The van der Waals surface area contributed by atoms with Crippen LogP contribution in [0.15, 0.2) is 0 Å². The summed E-state index contributed by atoms with van der Waals surface area (Å²) in [6.07, 6.45) is 10.7. The van der Waals surface area contributed by atoms with Crippen LogP contribution in [0, 0.1) is 5.92 Å². The summed E-state index contributed by atoms with van der Waals surface area (Å²) in [4.78, 5) is 20.3. The molecule has 0 amide bonds. The van der Waals surface area contributed by atoms with E-state index in [9.17, 15) is 9.59 Å². The van der Waals surface area contributed by atoms with Crippen molar-refractivity contribution in [1.82, 2.24) is 0 Å². The van der Waals surface area contributed by atoms with Crippen molar-refractivity contribution in [2.45, 2.75) is 90.9 Å². The second-order valence-corrected chi connectivity index (χ2v) is 6.01. The summed E-state index contributed by atoms with van der Waals surface area (Å²) < 4.78 is 0. The summed E-state index contributed by atoms with van der Waals surface area (Å²) in [5, 5.41) is 25.5. The third-order valence-electron chi connectivity index (χ3n) is 3.83. The van der Waals surface area contributed by atoms with E-state index in [4.69, 9.17) is 15.3 Å². The average Bonchev–Trinajstić information content (AvgIpc) is 2.51. The average molecular weight is 332 g/mol. The van der Waals surface area contributed by atoms with Crippen LogP contribution >= 0.6 is 0 Å². The van der Waals surface area contributed by atoms with Crippen molar-refractivity contribution in [3.8, 4) is 0 Å². The topological polar surface area (TPSA) is 94.8 Å². The van der Waals surface area contributed by atoms with Gasteiger partial charge >= 0.3 is 11.9 Å². The molecule has 0 saturated heterocycles. The zero-order valence-corrected chi connectivity index (χ0v) is 14.9. The third kappa shape index (κ3) is 23.3. The quantitative estimate of drug-likeness (QED) is 0.408. The Hall–Kier alpha value is -1.10. The molecule has 5 nitrogen and oxygen atoms in total. The zero-order chi connectivity index (χ0) is 17.9. The van der Waals surface area contributed by atoms with Gasteiger partial charge in [-0.1, -0.05) is 58.8 Å². The molecule has 0 saturated carbocycles. The van der Waals surface area contributed by atoms with E-state index in [0.717, 1.165) is 44.9 Å². The zero-order valence-electron chi connectivity index (χ0n) is 14.9. The van der Waals surface area contributed by atoms with E-state index in [1.54, 1.807) is 0 Å². The molecule has 0 aromatic heterocycles. The van der Waals surface area contributed by atoms with E-state index in [1.807, 2.05) is 0 Å². The summed E-state index contributed by atoms with van der Waals surface area (Å²) >= 11 is 0. The van der Waals surface area contributed by atoms with Gasteiger partial charge in [-0.15, -0.1) is 0 Å². The Labute approximate surface area is 141 Å². The molecule has 0 radical (unpaired) electrons. The summed E-state index contributed by atoms with van der Waals surface area (Å²) in [6, 6.07) is 0. The van der Waals surface area contributed by atoms with Crippen molar-refractivity contribution in [3.05, 3.63) is 0 Å². The van der Waals surface area contributed by atoms with Gasteiger partial charge in [0.05, 0.1) is 0 Å². The summed E-state index contributed by atoms with van der Waals surface area (Å²) in [6.45, 7) is 4.69. The maximum atomic E-state index is 10.1. The maximum Gasteiger partial charge on any atom is 0.303 e. The minimum absolute atomic E-state index is 0.245. The molecule has 1 atom stereocenters. The first-order valence-corrected chi connectivity index (χ1v) is 9.02. The third-order valence-corrected chi connectivity index (χ3v) is 3.83. The minimum Gasteiger partial charge on any atom is -0.481 e. The summed E-state index contributed by atoms with van der Waals surface area (Å²) in [5.74, 6) is -0.920. The van der Waals surface area contributed by atoms with E-state index >= 15 is 0 Å². The molecule has 0 aliphatic carbocycles. The van der Waals surface area contributed by atoms with Crippen LogP contribution in [-0.2, 0) is 9.59 Å². The van der Waals surface area contributed by atoms with Gasteiger partial charge in [-0.25, -0.2) is 0 Å². The molecule has 0 heterocycles. The molecule has 3 N–H and O–H groups in total. The second-order valence-electron chi connectivity index (χ2n) is 6.01. The van der Waals surface area contributed by atoms with Crippen LogP contribution in [0.1, 0.15) is 90.9 Å². The molecule has 1 unspecified atom stereocenters. The molecule has 0 spiro atoms. The van der Waals surface area contributed by atoms with E-state index in [-0.39, 0.29) is 12.8 Å². The highest BCUT2D eigenvalue weighted by atomic mass is 16.4. The SMILES string of the molecule is CCCCC(CC)CO.O=C(O)CCCCCCCCC(=O)O. The number of carbonyl (C=O) groups is 2. The van der Waals surface area contributed by atoms with Gasteiger partial charge in [0.15, 0.2) is 0 Å². The Morgan fingerprint density at radius 1 is 0.783 bits per heavy atom.